The number of sulfonamides is 1. The summed E-state index contributed by atoms with van der Waals surface area (Å²) < 4.78 is 60.2. The highest BCUT2D eigenvalue weighted by Gasteiger charge is 2.30. The summed E-state index contributed by atoms with van der Waals surface area (Å²) in [6.07, 6.45) is -4.09. The van der Waals surface area contributed by atoms with Gasteiger partial charge in [0.25, 0.3) is 0 Å². The molecule has 0 spiro atoms. The van der Waals surface area contributed by atoms with Crippen LogP contribution < -0.4 is 15.8 Å². The van der Waals surface area contributed by atoms with Crippen LogP contribution in [0, 0.1) is 0 Å². The minimum Gasteiger partial charge on any atom is -0.338 e. The van der Waals surface area contributed by atoms with E-state index in [1.54, 1.807) is 12.1 Å². The van der Waals surface area contributed by atoms with E-state index in [2.05, 4.69) is 10.6 Å². The number of anilines is 1. The first kappa shape index (κ1) is 19.7. The van der Waals surface area contributed by atoms with Gasteiger partial charge in [0.2, 0.25) is 10.0 Å². The molecule has 0 aliphatic carbocycles. The summed E-state index contributed by atoms with van der Waals surface area (Å²) in [4.78, 5) is 11.7. The summed E-state index contributed by atoms with van der Waals surface area (Å²) in [5.41, 5.74) is -0.0724. The van der Waals surface area contributed by atoms with Gasteiger partial charge in [-0.1, -0.05) is 18.2 Å². The summed E-state index contributed by atoms with van der Waals surface area (Å²) in [6, 6.07) is 9.48. The van der Waals surface area contributed by atoms with Crippen molar-refractivity contribution in [2.75, 3.05) is 11.9 Å². The first-order chi connectivity index (χ1) is 12.1. The average molecular weight is 387 g/mol. The van der Waals surface area contributed by atoms with Gasteiger partial charge in [0.15, 0.2) is 0 Å². The maximum Gasteiger partial charge on any atom is 0.416 e. The number of rotatable bonds is 5. The van der Waals surface area contributed by atoms with Gasteiger partial charge in [0.05, 0.1) is 10.5 Å². The molecule has 10 heteroatoms. The van der Waals surface area contributed by atoms with Gasteiger partial charge in [-0.15, -0.1) is 0 Å². The van der Waals surface area contributed by atoms with E-state index in [1.165, 1.54) is 24.3 Å². The monoisotopic (exact) mass is 387 g/mol. The van der Waals surface area contributed by atoms with Crippen LogP contribution in [0.5, 0.6) is 0 Å². The fourth-order valence-corrected chi connectivity index (χ4v) is 2.63. The number of urea groups is 1. The molecule has 0 unspecified atom stereocenters. The zero-order valence-electron chi connectivity index (χ0n) is 13.4. The number of primary sulfonamides is 1. The summed E-state index contributed by atoms with van der Waals surface area (Å²) in [6.45, 7) is 0.208. The Labute approximate surface area is 148 Å². The third kappa shape index (κ3) is 5.74. The van der Waals surface area contributed by atoms with Crippen LogP contribution >= 0.6 is 0 Å². The predicted octanol–water partition coefficient (Wildman–Crippen LogP) is 2.72. The van der Waals surface area contributed by atoms with Gasteiger partial charge in [0, 0.05) is 12.2 Å². The highest BCUT2D eigenvalue weighted by molar-refractivity contribution is 7.89. The van der Waals surface area contributed by atoms with Crippen LogP contribution in [0.4, 0.5) is 23.7 Å². The Balaban J connectivity index is 1.86. The number of halogens is 3. The minimum absolute atomic E-state index is 0.0171. The second-order valence-electron chi connectivity index (χ2n) is 5.40. The number of carbonyl (C=O) groups excluding carboxylic acids is 1. The second-order valence-corrected chi connectivity index (χ2v) is 6.96. The molecular formula is C16H16F3N3O3S. The molecule has 140 valence electrons. The van der Waals surface area contributed by atoms with Crippen LogP contribution in [0.25, 0.3) is 0 Å². The summed E-state index contributed by atoms with van der Waals surface area (Å²) in [5.74, 6) is 0. The Kier molecular flexibility index (Phi) is 5.88. The van der Waals surface area contributed by atoms with Crippen LogP contribution in [0.1, 0.15) is 11.1 Å². The lowest BCUT2D eigenvalue weighted by atomic mass is 10.1. The molecular weight excluding hydrogens is 371 g/mol. The molecule has 0 radical (unpaired) electrons. The zero-order chi connectivity index (χ0) is 19.4. The van der Waals surface area contributed by atoms with Gasteiger partial charge in [-0.2, -0.15) is 13.2 Å². The number of alkyl halides is 3. The lowest BCUT2D eigenvalue weighted by molar-refractivity contribution is -0.137. The normalized spacial score (nSPS) is 11.8. The predicted molar refractivity (Wildman–Crippen MR) is 90.0 cm³/mol. The zero-order valence-corrected chi connectivity index (χ0v) is 14.2. The topological polar surface area (TPSA) is 101 Å². The summed E-state index contributed by atoms with van der Waals surface area (Å²) in [7, 11) is -3.76. The van der Waals surface area contributed by atoms with Crippen LogP contribution in [0.3, 0.4) is 0 Å². The molecule has 2 rings (SSSR count). The Morgan fingerprint density at radius 1 is 1.08 bits per heavy atom. The number of hydrogen-bond acceptors (Lipinski definition) is 3. The van der Waals surface area contributed by atoms with Crippen molar-refractivity contribution in [3.63, 3.8) is 0 Å². The van der Waals surface area contributed by atoms with Crippen molar-refractivity contribution >= 4 is 21.7 Å². The molecule has 0 bridgehead atoms. The van der Waals surface area contributed by atoms with Crippen molar-refractivity contribution in [2.24, 2.45) is 5.14 Å². The van der Waals surface area contributed by atoms with E-state index in [-0.39, 0.29) is 17.1 Å². The number of amides is 2. The second kappa shape index (κ2) is 7.75. The molecule has 0 fully saturated rings. The smallest absolute Gasteiger partial charge is 0.338 e. The number of carbonyl (C=O) groups is 1. The third-order valence-corrected chi connectivity index (χ3v) is 4.33. The molecule has 0 heterocycles. The van der Waals surface area contributed by atoms with Gasteiger partial charge in [-0.25, -0.2) is 18.4 Å². The maximum absolute atomic E-state index is 12.6. The maximum atomic E-state index is 12.6. The van der Waals surface area contributed by atoms with E-state index in [0.29, 0.717) is 6.42 Å². The quantitative estimate of drug-likeness (QED) is 0.735. The average Bonchev–Trinajstić information content (AvgIpc) is 2.54. The Bertz CT molecular complexity index is 882. The SMILES string of the molecule is NS(=O)(=O)c1ccc(CCNC(=O)Nc2cccc(C(F)(F)F)c2)cc1. The van der Waals surface area contributed by atoms with Crippen LogP contribution in [-0.2, 0) is 22.6 Å². The van der Waals surface area contributed by atoms with Crippen LogP contribution in [0.15, 0.2) is 53.4 Å². The minimum atomic E-state index is -4.49. The van der Waals surface area contributed by atoms with Crippen LogP contribution in [0.2, 0.25) is 0 Å². The molecule has 2 amide bonds. The van der Waals surface area contributed by atoms with Crippen molar-refractivity contribution < 1.29 is 26.4 Å². The summed E-state index contributed by atoms with van der Waals surface area (Å²) >= 11 is 0. The molecule has 0 atom stereocenters. The van der Waals surface area contributed by atoms with Crippen molar-refractivity contribution in [2.45, 2.75) is 17.5 Å². The van der Waals surface area contributed by atoms with Gasteiger partial charge >= 0.3 is 12.2 Å². The fourth-order valence-electron chi connectivity index (χ4n) is 2.11. The first-order valence-electron chi connectivity index (χ1n) is 7.39. The molecule has 0 saturated heterocycles. The van der Waals surface area contributed by atoms with E-state index < -0.39 is 27.8 Å². The molecule has 0 saturated carbocycles. The van der Waals surface area contributed by atoms with Crippen LogP contribution in [-0.4, -0.2) is 21.0 Å². The molecule has 0 aliphatic heterocycles. The van der Waals surface area contributed by atoms with Crippen molar-refractivity contribution in [3.05, 3.63) is 59.7 Å². The third-order valence-electron chi connectivity index (χ3n) is 3.40. The molecule has 0 aliphatic rings. The van der Waals surface area contributed by atoms with Crippen molar-refractivity contribution in [1.29, 1.82) is 0 Å². The van der Waals surface area contributed by atoms with E-state index in [9.17, 15) is 26.4 Å². The lowest BCUT2D eigenvalue weighted by Crippen LogP contribution is -2.30. The van der Waals surface area contributed by atoms with E-state index in [0.717, 1.165) is 17.7 Å². The molecule has 6 nitrogen and oxygen atoms in total. The number of hydrogen-bond donors (Lipinski definition) is 3. The summed E-state index contributed by atoms with van der Waals surface area (Å²) in [5, 5.41) is 9.83. The molecule has 2 aromatic carbocycles. The van der Waals surface area contributed by atoms with Gasteiger partial charge in [-0.05, 0) is 42.3 Å². The molecule has 2 aromatic rings. The van der Waals surface area contributed by atoms with Gasteiger partial charge in [-0.3, -0.25) is 0 Å². The van der Waals surface area contributed by atoms with E-state index in [4.69, 9.17) is 5.14 Å². The molecule has 0 aromatic heterocycles. The Morgan fingerprint density at radius 2 is 1.73 bits per heavy atom. The van der Waals surface area contributed by atoms with Crippen molar-refractivity contribution in [3.8, 4) is 0 Å². The van der Waals surface area contributed by atoms with E-state index >= 15 is 0 Å². The molecule has 26 heavy (non-hydrogen) atoms. The standard InChI is InChI=1S/C16H16F3N3O3S/c17-16(18,19)12-2-1-3-13(10-12)22-15(23)21-9-8-11-4-6-14(7-5-11)26(20,24)25/h1-7,10H,8-9H2,(H2,20,24,25)(H2,21,22,23). The number of nitrogens with two attached hydrogens (primary N) is 1. The molecule has 4 N–H and O–H groups in total. The number of nitrogens with one attached hydrogen (secondary N) is 2. The fraction of sp³-hybridized carbons (Fsp3) is 0.188. The number of benzene rings is 2. The highest BCUT2D eigenvalue weighted by Crippen LogP contribution is 2.30. The highest BCUT2D eigenvalue weighted by atomic mass is 32.2. The van der Waals surface area contributed by atoms with Gasteiger partial charge < -0.3 is 10.6 Å². The lowest BCUT2D eigenvalue weighted by Gasteiger charge is -2.11. The van der Waals surface area contributed by atoms with Crippen molar-refractivity contribution in [1.82, 2.24) is 5.32 Å². The Hall–Kier alpha value is -2.59. The largest absolute Gasteiger partial charge is 0.416 e. The Morgan fingerprint density at radius 3 is 2.31 bits per heavy atom. The van der Waals surface area contributed by atoms with E-state index in [1.807, 2.05) is 0 Å². The van der Waals surface area contributed by atoms with Gasteiger partial charge in [0.1, 0.15) is 0 Å². The first-order valence-corrected chi connectivity index (χ1v) is 8.94.